The van der Waals surface area contributed by atoms with Gasteiger partial charge in [-0.05, 0) is 12.1 Å². The number of isocyanates is 1. The van der Waals surface area contributed by atoms with E-state index < -0.39 is 9.92 Å². The van der Waals surface area contributed by atoms with Crippen LogP contribution in [0, 0.1) is 0 Å². The number of nitrogens with zero attached hydrogens (tertiary/aromatic N) is 1. The van der Waals surface area contributed by atoms with Crippen LogP contribution in [0.4, 0.5) is 0 Å². The van der Waals surface area contributed by atoms with Gasteiger partial charge in [0, 0.05) is 0 Å². The van der Waals surface area contributed by atoms with E-state index >= 15 is 0 Å². The molecule has 0 heterocycles. The highest BCUT2D eigenvalue weighted by atomic mass is 28.2. The molecule has 1 rings (SSSR count). The van der Waals surface area contributed by atoms with Crippen LogP contribution in [0.15, 0.2) is 35.0 Å². The molecule has 0 N–H and O–H groups in total. The molecule has 11 heavy (non-hydrogen) atoms. The minimum atomic E-state index is -1.09. The fourth-order valence-electron chi connectivity index (χ4n) is 0.650. The van der Waals surface area contributed by atoms with Crippen LogP contribution in [-0.4, -0.2) is 16.0 Å². The number of carbonyl (C=O) groups excluding carboxylic acids is 1. The molecular formula is C7H7NO2Si. The predicted molar refractivity (Wildman–Crippen MR) is 43.7 cm³/mol. The first kappa shape index (κ1) is 7.72. The molecule has 0 fully saturated rings. The van der Waals surface area contributed by atoms with Crippen molar-refractivity contribution in [2.24, 2.45) is 4.66 Å². The van der Waals surface area contributed by atoms with Gasteiger partial charge in [0.2, 0.25) is 6.08 Å². The van der Waals surface area contributed by atoms with Gasteiger partial charge in [-0.1, -0.05) is 18.2 Å². The number of hydrogen-bond donors (Lipinski definition) is 0. The van der Waals surface area contributed by atoms with Gasteiger partial charge in [0.1, 0.15) is 5.75 Å². The molecule has 1 aromatic rings. The Bertz CT molecular complexity index is 256. The number of para-hydroxylation sites is 1. The molecule has 0 atom stereocenters. The summed E-state index contributed by atoms with van der Waals surface area (Å²) in [7, 11) is -1.09. The van der Waals surface area contributed by atoms with E-state index in [0.29, 0.717) is 0 Å². The number of benzene rings is 1. The van der Waals surface area contributed by atoms with Crippen LogP contribution in [0.3, 0.4) is 0 Å². The standard InChI is InChI=1S/C7H7NO2Si/c9-6-8-11-10-7-4-2-1-3-5-7/h1-5H,11H2. The van der Waals surface area contributed by atoms with Crippen molar-refractivity contribution >= 4 is 16.0 Å². The van der Waals surface area contributed by atoms with Gasteiger partial charge in [-0.25, -0.2) is 9.45 Å². The summed E-state index contributed by atoms with van der Waals surface area (Å²) in [6.07, 6.45) is 1.45. The van der Waals surface area contributed by atoms with Gasteiger partial charge in [0.25, 0.3) is 0 Å². The molecule has 0 saturated carbocycles. The van der Waals surface area contributed by atoms with E-state index in [1.807, 2.05) is 30.3 Å². The van der Waals surface area contributed by atoms with E-state index in [-0.39, 0.29) is 0 Å². The normalized spacial score (nSPS) is 9.45. The fourth-order valence-corrected chi connectivity index (χ4v) is 1.11. The lowest BCUT2D eigenvalue weighted by Gasteiger charge is -1.99. The van der Waals surface area contributed by atoms with Gasteiger partial charge in [-0.2, -0.15) is 0 Å². The second-order valence-corrected chi connectivity index (χ2v) is 2.70. The molecule has 0 aromatic heterocycles. The van der Waals surface area contributed by atoms with Crippen molar-refractivity contribution in [3.05, 3.63) is 30.3 Å². The molecule has 0 radical (unpaired) electrons. The maximum Gasteiger partial charge on any atom is 0.360 e. The number of hydrogen-bond acceptors (Lipinski definition) is 3. The van der Waals surface area contributed by atoms with E-state index in [9.17, 15) is 4.79 Å². The van der Waals surface area contributed by atoms with Crippen LogP contribution in [0.1, 0.15) is 0 Å². The molecule has 0 bridgehead atoms. The van der Waals surface area contributed by atoms with E-state index in [0.717, 1.165) is 5.75 Å². The van der Waals surface area contributed by atoms with Gasteiger partial charge in [0.05, 0.1) is 0 Å². The summed E-state index contributed by atoms with van der Waals surface area (Å²) in [5.41, 5.74) is 0. The molecule has 0 aliphatic rings. The Balaban J connectivity index is 2.45. The zero-order chi connectivity index (χ0) is 7.94. The first-order chi connectivity index (χ1) is 5.43. The SMILES string of the molecule is O=C=N[SiH2]Oc1ccccc1. The Hall–Kier alpha value is -1.38. The van der Waals surface area contributed by atoms with Crippen LogP contribution in [0.25, 0.3) is 0 Å². The quantitative estimate of drug-likeness (QED) is 0.369. The van der Waals surface area contributed by atoms with Crippen molar-refractivity contribution in [2.45, 2.75) is 0 Å². The third kappa shape index (κ3) is 2.80. The van der Waals surface area contributed by atoms with Crippen LogP contribution >= 0.6 is 0 Å². The zero-order valence-corrected chi connectivity index (χ0v) is 7.27. The third-order valence-electron chi connectivity index (χ3n) is 1.10. The summed E-state index contributed by atoms with van der Waals surface area (Å²) in [4.78, 5) is 9.66. The van der Waals surface area contributed by atoms with Gasteiger partial charge < -0.3 is 4.43 Å². The van der Waals surface area contributed by atoms with E-state index in [2.05, 4.69) is 4.66 Å². The van der Waals surface area contributed by atoms with Crippen LogP contribution in [0.5, 0.6) is 5.75 Å². The van der Waals surface area contributed by atoms with Crippen molar-refractivity contribution in [2.75, 3.05) is 0 Å². The molecule has 0 aliphatic carbocycles. The lowest BCUT2D eigenvalue weighted by Crippen LogP contribution is -1.97. The van der Waals surface area contributed by atoms with Crippen molar-refractivity contribution in [3.63, 3.8) is 0 Å². The molecule has 0 spiro atoms. The van der Waals surface area contributed by atoms with Gasteiger partial charge in [-0.3, -0.25) is 0 Å². The Morgan fingerprint density at radius 2 is 2.09 bits per heavy atom. The van der Waals surface area contributed by atoms with Crippen molar-refractivity contribution in [1.82, 2.24) is 0 Å². The topological polar surface area (TPSA) is 38.7 Å². The van der Waals surface area contributed by atoms with Gasteiger partial charge >= 0.3 is 9.92 Å². The average molecular weight is 165 g/mol. The monoisotopic (exact) mass is 165 g/mol. The molecule has 0 saturated heterocycles. The molecule has 0 unspecified atom stereocenters. The minimum absolute atomic E-state index is 0.762. The second kappa shape index (κ2) is 4.44. The maximum atomic E-state index is 9.66. The van der Waals surface area contributed by atoms with Crippen molar-refractivity contribution < 1.29 is 9.22 Å². The second-order valence-electron chi connectivity index (χ2n) is 1.84. The summed E-state index contributed by atoms with van der Waals surface area (Å²) in [6.45, 7) is 0. The van der Waals surface area contributed by atoms with Crippen molar-refractivity contribution in [1.29, 1.82) is 0 Å². The van der Waals surface area contributed by atoms with Crippen LogP contribution < -0.4 is 4.43 Å². The van der Waals surface area contributed by atoms with Gasteiger partial charge in [-0.15, -0.1) is 0 Å². The van der Waals surface area contributed by atoms with Crippen LogP contribution in [0.2, 0.25) is 0 Å². The summed E-state index contributed by atoms with van der Waals surface area (Å²) in [5, 5.41) is 0. The first-order valence-electron chi connectivity index (χ1n) is 3.15. The maximum absolute atomic E-state index is 9.66. The zero-order valence-electron chi connectivity index (χ0n) is 5.86. The lowest BCUT2D eigenvalue weighted by molar-refractivity contribution is 0.562. The third-order valence-corrected chi connectivity index (χ3v) is 1.82. The van der Waals surface area contributed by atoms with E-state index in [1.165, 1.54) is 6.08 Å². The fraction of sp³-hybridized carbons (Fsp3) is 0. The molecule has 56 valence electrons. The summed E-state index contributed by atoms with van der Waals surface area (Å²) in [6, 6.07) is 9.29. The first-order valence-corrected chi connectivity index (χ1v) is 4.36. The lowest BCUT2D eigenvalue weighted by atomic mass is 10.3. The Morgan fingerprint density at radius 3 is 2.73 bits per heavy atom. The summed E-state index contributed by atoms with van der Waals surface area (Å²) in [5.74, 6) is 0.762. The molecule has 3 nitrogen and oxygen atoms in total. The predicted octanol–water partition coefficient (Wildman–Crippen LogP) is 0.400. The minimum Gasteiger partial charge on any atom is -0.528 e. The Kier molecular flexibility index (Phi) is 3.11. The summed E-state index contributed by atoms with van der Waals surface area (Å²) >= 11 is 0. The average Bonchev–Trinajstić information content (AvgIpc) is 2.07. The van der Waals surface area contributed by atoms with E-state index in [4.69, 9.17) is 4.43 Å². The van der Waals surface area contributed by atoms with Crippen molar-refractivity contribution in [3.8, 4) is 5.75 Å². The molecule has 0 amide bonds. The Labute approximate surface area is 66.7 Å². The largest absolute Gasteiger partial charge is 0.528 e. The van der Waals surface area contributed by atoms with Gasteiger partial charge in [0.15, 0.2) is 0 Å². The molecule has 0 aliphatic heterocycles. The molecule has 4 heteroatoms. The molecule has 1 aromatic carbocycles. The Morgan fingerprint density at radius 1 is 1.36 bits per heavy atom. The van der Waals surface area contributed by atoms with E-state index in [1.54, 1.807) is 0 Å². The smallest absolute Gasteiger partial charge is 0.360 e. The highest BCUT2D eigenvalue weighted by molar-refractivity contribution is 6.27. The highest BCUT2D eigenvalue weighted by Gasteiger charge is 1.87. The summed E-state index contributed by atoms with van der Waals surface area (Å²) < 4.78 is 8.53. The molecular weight excluding hydrogens is 158 g/mol. The van der Waals surface area contributed by atoms with Crippen LogP contribution in [-0.2, 0) is 4.79 Å². The number of rotatable bonds is 3. The highest BCUT2D eigenvalue weighted by Crippen LogP contribution is 2.06.